The van der Waals surface area contributed by atoms with E-state index in [0.29, 0.717) is 5.82 Å². The molecule has 26 heavy (non-hydrogen) atoms. The molecule has 1 fully saturated rings. The molecule has 1 aliphatic rings. The highest BCUT2D eigenvalue weighted by Crippen LogP contribution is 2.20. The van der Waals surface area contributed by atoms with Gasteiger partial charge in [-0.05, 0) is 61.3 Å². The number of aromatic nitrogens is 5. The summed E-state index contributed by atoms with van der Waals surface area (Å²) in [6, 6.07) is 3.80. The van der Waals surface area contributed by atoms with Crippen molar-refractivity contribution in [3.05, 3.63) is 29.7 Å². The molecule has 1 saturated heterocycles. The smallest absolute Gasteiger partial charge is 0.228 e. The Morgan fingerprint density at radius 2 is 2.12 bits per heavy atom. The maximum atomic E-state index is 12.4. The van der Waals surface area contributed by atoms with E-state index in [1.807, 2.05) is 23.7 Å². The molecule has 0 saturated carbocycles. The van der Waals surface area contributed by atoms with Crippen molar-refractivity contribution < 1.29 is 4.79 Å². The van der Waals surface area contributed by atoms with E-state index in [2.05, 4.69) is 37.6 Å². The van der Waals surface area contributed by atoms with Gasteiger partial charge in [-0.25, -0.2) is 9.67 Å². The van der Waals surface area contributed by atoms with Gasteiger partial charge in [-0.15, -0.1) is 5.10 Å². The lowest BCUT2D eigenvalue weighted by atomic mass is 9.96. The van der Waals surface area contributed by atoms with Crippen LogP contribution in [0.3, 0.4) is 0 Å². The van der Waals surface area contributed by atoms with Crippen LogP contribution in [0.1, 0.15) is 44.0 Å². The quantitative estimate of drug-likeness (QED) is 0.815. The van der Waals surface area contributed by atoms with Crippen molar-refractivity contribution in [2.24, 2.45) is 5.92 Å². The summed E-state index contributed by atoms with van der Waals surface area (Å²) in [4.78, 5) is 19.0. The fraction of sp³-hybridized carbons (Fsp3) is 0.611. The molecule has 0 spiro atoms. The molecule has 2 aromatic heterocycles. The lowest BCUT2D eigenvalue weighted by molar-refractivity contribution is -0.121. The van der Waals surface area contributed by atoms with Gasteiger partial charge in [0.05, 0.1) is 6.54 Å². The van der Waals surface area contributed by atoms with Crippen molar-refractivity contribution in [3.8, 4) is 0 Å². The number of aryl methyl sites for hydroxylation is 2. The third kappa shape index (κ3) is 4.85. The molecule has 1 N–H and O–H groups in total. The highest BCUT2D eigenvalue weighted by molar-refractivity contribution is 5.91. The Hall–Kier alpha value is -2.35. The third-order valence-corrected chi connectivity index (χ3v) is 4.82. The first kappa shape index (κ1) is 18.4. The fourth-order valence-electron chi connectivity index (χ4n) is 3.14. The van der Waals surface area contributed by atoms with E-state index in [4.69, 9.17) is 0 Å². The number of hydrogen-bond acceptors (Lipinski definition) is 6. The Morgan fingerprint density at radius 1 is 1.31 bits per heavy atom. The van der Waals surface area contributed by atoms with Crippen LogP contribution in [0.4, 0.5) is 5.82 Å². The van der Waals surface area contributed by atoms with E-state index < -0.39 is 0 Å². The second kappa shape index (κ2) is 8.84. The largest absolute Gasteiger partial charge is 0.310 e. The molecule has 1 aliphatic heterocycles. The number of tetrazole rings is 1. The minimum Gasteiger partial charge on any atom is -0.310 e. The van der Waals surface area contributed by atoms with E-state index in [0.717, 1.165) is 63.3 Å². The summed E-state index contributed by atoms with van der Waals surface area (Å²) in [5.41, 5.74) is 1.08. The molecule has 3 heterocycles. The van der Waals surface area contributed by atoms with Gasteiger partial charge in [-0.1, -0.05) is 19.4 Å². The molecule has 0 aromatic carbocycles. The van der Waals surface area contributed by atoms with Gasteiger partial charge in [0.15, 0.2) is 5.82 Å². The summed E-state index contributed by atoms with van der Waals surface area (Å²) >= 11 is 0. The van der Waals surface area contributed by atoms with E-state index in [1.165, 1.54) is 0 Å². The molecule has 8 nitrogen and oxygen atoms in total. The third-order valence-electron chi connectivity index (χ3n) is 4.82. The fourth-order valence-corrected chi connectivity index (χ4v) is 3.14. The van der Waals surface area contributed by atoms with Crippen LogP contribution in [0.2, 0.25) is 0 Å². The molecule has 0 aliphatic carbocycles. The number of amides is 1. The second-order valence-electron chi connectivity index (χ2n) is 6.93. The highest BCUT2D eigenvalue weighted by atomic mass is 16.1. The van der Waals surface area contributed by atoms with Crippen molar-refractivity contribution in [1.82, 2.24) is 30.1 Å². The molecular weight excluding hydrogens is 330 g/mol. The highest BCUT2D eigenvalue weighted by Gasteiger charge is 2.26. The van der Waals surface area contributed by atoms with Gasteiger partial charge in [-0.2, -0.15) is 0 Å². The van der Waals surface area contributed by atoms with E-state index in [1.54, 1.807) is 6.20 Å². The number of piperidine rings is 1. The van der Waals surface area contributed by atoms with Crippen LogP contribution >= 0.6 is 0 Å². The number of likely N-dealkylation sites (tertiary alicyclic amines) is 1. The van der Waals surface area contributed by atoms with Gasteiger partial charge < -0.3 is 5.32 Å². The summed E-state index contributed by atoms with van der Waals surface area (Å²) in [7, 11) is 0. The number of rotatable bonds is 7. The Kier molecular flexibility index (Phi) is 6.27. The molecule has 0 unspecified atom stereocenters. The zero-order chi connectivity index (χ0) is 18.4. The zero-order valence-electron chi connectivity index (χ0n) is 15.6. The summed E-state index contributed by atoms with van der Waals surface area (Å²) in [5, 5.41) is 15.0. The van der Waals surface area contributed by atoms with Crippen molar-refractivity contribution in [3.63, 3.8) is 0 Å². The normalized spacial score (nSPS) is 15.9. The number of nitrogens with zero attached hydrogens (tertiary/aromatic N) is 6. The summed E-state index contributed by atoms with van der Waals surface area (Å²) in [5.74, 6) is 1.63. The number of unbranched alkanes of at least 4 members (excludes halogenated alkanes) is 1. The van der Waals surface area contributed by atoms with Gasteiger partial charge in [0.2, 0.25) is 5.91 Å². The standard InChI is InChI=1S/C18H27N7O/c1-3-4-9-25-17(21-22-23-25)13-24-10-7-15(8-11-24)18(26)20-16-6-5-14(2)12-19-16/h5-6,12,15H,3-4,7-11,13H2,1-2H3,(H,19,20,26). The SMILES string of the molecule is CCCCn1nnnc1CN1CCC(C(=O)Nc2ccc(C)cn2)CC1. The Balaban J connectivity index is 1.47. The lowest BCUT2D eigenvalue weighted by Crippen LogP contribution is -2.38. The van der Waals surface area contributed by atoms with Crippen LogP contribution in [0.25, 0.3) is 0 Å². The van der Waals surface area contributed by atoms with Crippen LogP contribution < -0.4 is 5.32 Å². The van der Waals surface area contributed by atoms with Gasteiger partial charge in [0.25, 0.3) is 0 Å². The minimum absolute atomic E-state index is 0.0328. The van der Waals surface area contributed by atoms with E-state index in [9.17, 15) is 4.79 Å². The van der Waals surface area contributed by atoms with E-state index >= 15 is 0 Å². The summed E-state index contributed by atoms with van der Waals surface area (Å²) < 4.78 is 1.89. The van der Waals surface area contributed by atoms with Crippen molar-refractivity contribution >= 4 is 11.7 Å². The number of pyridine rings is 1. The first-order chi connectivity index (χ1) is 12.7. The average molecular weight is 357 g/mol. The number of carbonyl (C=O) groups is 1. The number of hydrogen-bond donors (Lipinski definition) is 1. The maximum Gasteiger partial charge on any atom is 0.228 e. The van der Waals surface area contributed by atoms with Crippen LogP contribution in [0.15, 0.2) is 18.3 Å². The predicted octanol–water partition coefficient (Wildman–Crippen LogP) is 2.03. The first-order valence-corrected chi connectivity index (χ1v) is 9.36. The molecular formula is C18H27N7O. The lowest BCUT2D eigenvalue weighted by Gasteiger charge is -2.30. The molecule has 140 valence electrons. The molecule has 8 heteroatoms. The van der Waals surface area contributed by atoms with Gasteiger partial charge in [-0.3, -0.25) is 9.69 Å². The van der Waals surface area contributed by atoms with E-state index in [-0.39, 0.29) is 11.8 Å². The molecule has 3 rings (SSSR count). The van der Waals surface area contributed by atoms with Crippen LogP contribution in [0.5, 0.6) is 0 Å². The Morgan fingerprint density at radius 3 is 2.81 bits per heavy atom. The average Bonchev–Trinajstić information content (AvgIpc) is 3.09. The summed E-state index contributed by atoms with van der Waals surface area (Å²) in [6.45, 7) is 7.49. The van der Waals surface area contributed by atoms with Gasteiger partial charge >= 0.3 is 0 Å². The van der Waals surface area contributed by atoms with Crippen LogP contribution in [-0.2, 0) is 17.9 Å². The van der Waals surface area contributed by atoms with Crippen molar-refractivity contribution in [1.29, 1.82) is 0 Å². The molecule has 0 bridgehead atoms. The van der Waals surface area contributed by atoms with Gasteiger partial charge in [0.1, 0.15) is 5.82 Å². The topological polar surface area (TPSA) is 88.8 Å². The second-order valence-corrected chi connectivity index (χ2v) is 6.93. The molecule has 1 amide bonds. The zero-order valence-corrected chi connectivity index (χ0v) is 15.6. The van der Waals surface area contributed by atoms with Crippen molar-refractivity contribution in [2.45, 2.75) is 52.6 Å². The molecule has 0 atom stereocenters. The molecule has 0 radical (unpaired) electrons. The molecule has 2 aromatic rings. The number of nitrogens with one attached hydrogen (secondary N) is 1. The Labute approximate surface area is 154 Å². The van der Waals surface area contributed by atoms with Crippen LogP contribution in [0, 0.1) is 12.8 Å². The van der Waals surface area contributed by atoms with Crippen LogP contribution in [-0.4, -0.2) is 49.1 Å². The monoisotopic (exact) mass is 357 g/mol. The number of anilines is 1. The first-order valence-electron chi connectivity index (χ1n) is 9.36. The summed E-state index contributed by atoms with van der Waals surface area (Å²) in [6.07, 6.45) is 5.65. The van der Waals surface area contributed by atoms with Crippen molar-refractivity contribution in [2.75, 3.05) is 18.4 Å². The predicted molar refractivity (Wildman–Crippen MR) is 98.3 cm³/mol. The Bertz CT molecular complexity index is 705. The minimum atomic E-state index is 0.0328. The van der Waals surface area contributed by atoms with Gasteiger partial charge in [0, 0.05) is 18.7 Å². The maximum absolute atomic E-state index is 12.4. The number of carbonyl (C=O) groups excluding carboxylic acids is 1.